The quantitative estimate of drug-likeness (QED) is 0.853. The molecule has 0 radical (unpaired) electrons. The molecule has 2 aliphatic rings. The molecule has 2 aliphatic carbocycles. The van der Waals surface area contributed by atoms with Crippen molar-refractivity contribution in [3.8, 4) is 0 Å². The molecule has 24 heavy (non-hydrogen) atoms. The number of rotatable bonds is 2. The van der Waals surface area contributed by atoms with Crippen molar-refractivity contribution in [1.82, 2.24) is 14.7 Å². The maximum atomic E-state index is 13.2. The fourth-order valence-electron chi connectivity index (χ4n) is 3.47. The summed E-state index contributed by atoms with van der Waals surface area (Å²) in [4.78, 5) is 15.3. The van der Waals surface area contributed by atoms with Crippen molar-refractivity contribution in [1.29, 1.82) is 0 Å². The van der Waals surface area contributed by atoms with E-state index >= 15 is 0 Å². The van der Waals surface area contributed by atoms with E-state index in [-0.39, 0.29) is 5.78 Å². The largest absolute Gasteiger partial charge is 0.378 e. The lowest BCUT2D eigenvalue weighted by Gasteiger charge is -2.21. The number of aromatic nitrogens is 2. The third-order valence-corrected chi connectivity index (χ3v) is 4.63. The maximum absolute atomic E-state index is 13.2. The summed E-state index contributed by atoms with van der Waals surface area (Å²) in [6, 6.07) is 7.84. The summed E-state index contributed by atoms with van der Waals surface area (Å²) in [6.07, 6.45) is 6.19. The van der Waals surface area contributed by atoms with Crippen molar-refractivity contribution in [2.45, 2.75) is 6.92 Å². The highest BCUT2D eigenvalue weighted by Gasteiger charge is 2.33. The second kappa shape index (κ2) is 5.06. The predicted octanol–water partition coefficient (Wildman–Crippen LogP) is 3.22. The first-order valence-electron chi connectivity index (χ1n) is 7.97. The van der Waals surface area contributed by atoms with Gasteiger partial charge in [0.15, 0.2) is 5.78 Å². The number of Topliss-reactive ketones (excluding diaryl/α,β-unsaturated/α-hetero) is 1. The van der Waals surface area contributed by atoms with Gasteiger partial charge < -0.3 is 4.90 Å². The average Bonchev–Trinajstić information content (AvgIpc) is 3.12. The molecule has 4 rings (SSSR count). The maximum Gasteiger partial charge on any atom is 0.195 e. The van der Waals surface area contributed by atoms with Crippen LogP contribution in [0, 0.1) is 6.92 Å². The molecule has 0 saturated heterocycles. The number of fused-ring (bicyclic) bond motifs is 3. The number of nitrogens with zero attached hydrogens (tertiary/aromatic N) is 3. The molecule has 0 bridgehead atoms. The minimum Gasteiger partial charge on any atom is -0.378 e. The SMILES string of the molecule is Cc1nn(C)cc1C1=C2C=C(N(C)C)C=C2c2ccccc2C1=O. The van der Waals surface area contributed by atoms with Gasteiger partial charge in [0.25, 0.3) is 0 Å². The Kier molecular flexibility index (Phi) is 3.10. The van der Waals surface area contributed by atoms with Gasteiger partial charge in [-0.1, -0.05) is 24.3 Å². The molecule has 0 unspecified atom stereocenters. The smallest absolute Gasteiger partial charge is 0.195 e. The Bertz CT molecular complexity index is 971. The molecule has 1 aromatic heterocycles. The number of hydrogen-bond acceptors (Lipinski definition) is 3. The number of ketones is 1. The second-order valence-corrected chi connectivity index (χ2v) is 6.49. The van der Waals surface area contributed by atoms with E-state index in [4.69, 9.17) is 0 Å². The van der Waals surface area contributed by atoms with Crippen molar-refractivity contribution in [2.24, 2.45) is 7.05 Å². The van der Waals surface area contributed by atoms with Crippen LogP contribution in [-0.2, 0) is 7.05 Å². The van der Waals surface area contributed by atoms with Crippen LogP contribution < -0.4 is 0 Å². The molecule has 4 heteroatoms. The lowest BCUT2D eigenvalue weighted by molar-refractivity contribution is 0.105. The summed E-state index contributed by atoms with van der Waals surface area (Å²) >= 11 is 0. The number of carbonyl (C=O) groups excluding carboxylic acids is 1. The van der Waals surface area contributed by atoms with Gasteiger partial charge in [0, 0.05) is 49.7 Å². The fourth-order valence-corrected chi connectivity index (χ4v) is 3.47. The van der Waals surface area contributed by atoms with Crippen LogP contribution in [0.4, 0.5) is 0 Å². The molecule has 0 fully saturated rings. The zero-order valence-electron chi connectivity index (χ0n) is 14.3. The van der Waals surface area contributed by atoms with Crippen LogP contribution in [-0.4, -0.2) is 34.6 Å². The molecule has 1 heterocycles. The summed E-state index contributed by atoms with van der Waals surface area (Å²) in [6.45, 7) is 1.95. The Morgan fingerprint density at radius 3 is 2.38 bits per heavy atom. The molecule has 0 N–H and O–H groups in total. The summed E-state index contributed by atoms with van der Waals surface area (Å²) in [5, 5.41) is 4.42. The van der Waals surface area contributed by atoms with Crippen LogP contribution in [0.1, 0.15) is 27.2 Å². The molecular formula is C20H19N3O. The molecule has 0 atom stereocenters. The van der Waals surface area contributed by atoms with Crippen molar-refractivity contribution in [3.05, 3.63) is 76.3 Å². The van der Waals surface area contributed by atoms with Gasteiger partial charge in [0.1, 0.15) is 0 Å². The third-order valence-electron chi connectivity index (χ3n) is 4.63. The first-order valence-corrected chi connectivity index (χ1v) is 7.97. The van der Waals surface area contributed by atoms with E-state index in [1.165, 1.54) is 0 Å². The predicted molar refractivity (Wildman–Crippen MR) is 95.4 cm³/mol. The Balaban J connectivity index is 2.04. The van der Waals surface area contributed by atoms with Gasteiger partial charge >= 0.3 is 0 Å². The van der Waals surface area contributed by atoms with Gasteiger partial charge in [-0.3, -0.25) is 9.48 Å². The van der Waals surface area contributed by atoms with E-state index in [0.717, 1.165) is 44.8 Å². The van der Waals surface area contributed by atoms with Crippen molar-refractivity contribution >= 4 is 16.9 Å². The van der Waals surface area contributed by atoms with Crippen molar-refractivity contribution in [2.75, 3.05) is 14.1 Å². The zero-order chi connectivity index (χ0) is 17.0. The van der Waals surface area contributed by atoms with Crippen LogP contribution in [0.2, 0.25) is 0 Å². The fraction of sp³-hybridized carbons (Fsp3) is 0.200. The van der Waals surface area contributed by atoms with Gasteiger partial charge in [-0.15, -0.1) is 0 Å². The minimum atomic E-state index is 0.0742. The van der Waals surface area contributed by atoms with E-state index in [1.54, 1.807) is 4.68 Å². The number of aryl methyl sites for hydroxylation is 2. The first-order chi connectivity index (χ1) is 11.5. The average molecular weight is 317 g/mol. The van der Waals surface area contributed by atoms with E-state index in [9.17, 15) is 4.79 Å². The third kappa shape index (κ3) is 1.99. The summed E-state index contributed by atoms with van der Waals surface area (Å²) < 4.78 is 1.76. The highest BCUT2D eigenvalue weighted by atomic mass is 16.1. The molecule has 0 amide bonds. The van der Waals surface area contributed by atoms with Gasteiger partial charge in [0.05, 0.1) is 5.69 Å². The van der Waals surface area contributed by atoms with Crippen LogP contribution in [0.5, 0.6) is 0 Å². The van der Waals surface area contributed by atoms with Gasteiger partial charge in [-0.05, 0) is 35.8 Å². The topological polar surface area (TPSA) is 38.1 Å². The van der Waals surface area contributed by atoms with E-state index in [1.807, 2.05) is 58.5 Å². The highest BCUT2D eigenvalue weighted by molar-refractivity contribution is 6.36. The van der Waals surface area contributed by atoms with Crippen molar-refractivity contribution < 1.29 is 4.79 Å². The normalized spacial score (nSPS) is 15.9. The number of benzene rings is 1. The van der Waals surface area contributed by atoms with Gasteiger partial charge in [-0.25, -0.2) is 0 Å². The van der Waals surface area contributed by atoms with Gasteiger partial charge in [-0.2, -0.15) is 5.10 Å². The molecule has 2 aromatic rings. The molecule has 0 aliphatic heterocycles. The van der Waals surface area contributed by atoms with Gasteiger partial charge in [0.2, 0.25) is 0 Å². The molecular weight excluding hydrogens is 298 g/mol. The van der Waals surface area contributed by atoms with E-state index in [2.05, 4.69) is 22.2 Å². The Labute approximate surface area is 141 Å². The summed E-state index contributed by atoms with van der Waals surface area (Å²) in [7, 11) is 5.92. The van der Waals surface area contributed by atoms with Crippen molar-refractivity contribution in [3.63, 3.8) is 0 Å². The Morgan fingerprint density at radius 2 is 1.75 bits per heavy atom. The van der Waals surface area contributed by atoms with Crippen LogP contribution in [0.15, 0.2) is 53.9 Å². The number of hydrogen-bond donors (Lipinski definition) is 0. The molecule has 1 aromatic carbocycles. The number of likely N-dealkylation sites (N-methyl/N-ethyl adjacent to an activating group) is 1. The lowest BCUT2D eigenvalue weighted by atomic mass is 9.80. The summed E-state index contributed by atoms with van der Waals surface area (Å²) in [5.41, 5.74) is 7.53. The van der Waals surface area contributed by atoms with E-state index in [0.29, 0.717) is 0 Å². The highest BCUT2D eigenvalue weighted by Crippen LogP contribution is 2.44. The van der Waals surface area contributed by atoms with Crippen LogP contribution in [0.25, 0.3) is 11.1 Å². The van der Waals surface area contributed by atoms with Crippen LogP contribution >= 0.6 is 0 Å². The Hall–Kier alpha value is -2.88. The minimum absolute atomic E-state index is 0.0742. The first kappa shape index (κ1) is 14.7. The number of carbonyl (C=O) groups is 1. The Morgan fingerprint density at radius 1 is 1.04 bits per heavy atom. The standard InChI is InChI=1S/C20H19N3O/c1-12-18(11-23(4)21-12)19-17-10-13(22(2)3)9-16(17)14-7-5-6-8-15(14)20(19)24/h5-11H,1-4H3. The molecule has 120 valence electrons. The van der Waals surface area contributed by atoms with E-state index < -0.39 is 0 Å². The monoisotopic (exact) mass is 317 g/mol. The molecule has 4 nitrogen and oxygen atoms in total. The second-order valence-electron chi connectivity index (χ2n) is 6.49. The molecule has 0 saturated carbocycles. The lowest BCUT2D eigenvalue weighted by Crippen LogP contribution is -2.13. The molecule has 0 spiro atoms. The zero-order valence-corrected chi connectivity index (χ0v) is 14.3. The van der Waals surface area contributed by atoms with Crippen LogP contribution in [0.3, 0.4) is 0 Å². The summed E-state index contributed by atoms with van der Waals surface area (Å²) in [5.74, 6) is 0.0742. The number of allylic oxidation sites excluding steroid dienone is 5.